The zero-order chi connectivity index (χ0) is 45.4. The molecule has 0 amide bonds. The van der Waals surface area contributed by atoms with Gasteiger partial charge in [0.2, 0.25) is 0 Å². The van der Waals surface area contributed by atoms with Crippen molar-refractivity contribution in [2.75, 3.05) is 5.32 Å². The molecule has 1 N–H and O–H groups in total. The van der Waals surface area contributed by atoms with Crippen LogP contribution < -0.4 is 16.2 Å². The van der Waals surface area contributed by atoms with Crippen molar-refractivity contribution >= 4 is 82.9 Å². The van der Waals surface area contributed by atoms with E-state index in [2.05, 4.69) is 219 Å². The smallest absolute Gasteiger partial charge is 0.198 e. The van der Waals surface area contributed by atoms with E-state index in [0.29, 0.717) is 0 Å². The van der Waals surface area contributed by atoms with Crippen LogP contribution >= 0.6 is 11.3 Å². The predicted molar refractivity (Wildman–Crippen MR) is 288 cm³/mol. The van der Waals surface area contributed by atoms with E-state index in [1.165, 1.54) is 125 Å². The molecule has 0 saturated carbocycles. The molecule has 0 spiro atoms. The molecule has 0 unspecified atom stereocenters. The van der Waals surface area contributed by atoms with Crippen LogP contribution in [0.25, 0.3) is 81.0 Å². The fraction of sp³-hybridized carbons (Fsp3) is 0.226. The SMILES string of the molecule is CC(C)(C)c1ccc(Nc2cc3sc4ccccc4c3cc2-c2c3c(c4c5cc(C(C)(C)C)ccc5n5c4c2Bc2cc4c(cc2-5)-c2ccccc2C4(C)C)C(C)(C)c2ccccc2-3)cc1. The van der Waals surface area contributed by atoms with Gasteiger partial charge in [0.25, 0.3) is 0 Å². The molecule has 0 saturated heterocycles. The van der Waals surface area contributed by atoms with E-state index in [4.69, 9.17) is 0 Å². The first kappa shape index (κ1) is 40.0. The third-order valence-corrected chi connectivity index (χ3v) is 17.0. The lowest BCUT2D eigenvalue weighted by atomic mass is 9.57. The van der Waals surface area contributed by atoms with Gasteiger partial charge in [-0.3, -0.25) is 0 Å². The van der Waals surface area contributed by atoms with Gasteiger partial charge < -0.3 is 9.88 Å². The highest BCUT2D eigenvalue weighted by molar-refractivity contribution is 7.25. The number of benzene rings is 8. The second kappa shape index (κ2) is 13.2. The van der Waals surface area contributed by atoms with E-state index in [9.17, 15) is 0 Å². The van der Waals surface area contributed by atoms with Gasteiger partial charge in [0, 0.05) is 69.9 Å². The maximum atomic E-state index is 4.08. The molecule has 1 aliphatic heterocycles. The zero-order valence-corrected chi connectivity index (χ0v) is 40.7. The summed E-state index contributed by atoms with van der Waals surface area (Å²) in [5.74, 6) is 0. The molecule has 66 heavy (non-hydrogen) atoms. The topological polar surface area (TPSA) is 17.0 Å². The van der Waals surface area contributed by atoms with Crippen LogP contribution in [0.1, 0.15) is 103 Å². The molecule has 322 valence electrons. The number of anilines is 2. The Labute approximate surface area is 393 Å². The molecule has 0 bridgehead atoms. The number of nitrogens with zero attached hydrogens (tertiary/aromatic N) is 1. The Morgan fingerprint density at radius 1 is 0.530 bits per heavy atom. The van der Waals surface area contributed by atoms with Gasteiger partial charge in [-0.1, -0.05) is 166 Å². The number of aromatic nitrogens is 1. The summed E-state index contributed by atoms with van der Waals surface area (Å²) in [6, 6.07) is 54.1. The van der Waals surface area contributed by atoms with E-state index < -0.39 is 0 Å². The highest BCUT2D eigenvalue weighted by Crippen LogP contribution is 2.58. The molecular weight excluding hydrogens is 816 g/mol. The zero-order valence-electron chi connectivity index (χ0n) is 39.8. The summed E-state index contributed by atoms with van der Waals surface area (Å²) < 4.78 is 5.31. The number of fused-ring (bicyclic) bond motifs is 15. The molecule has 3 heterocycles. The highest BCUT2D eigenvalue weighted by Gasteiger charge is 2.44. The largest absolute Gasteiger partial charge is 0.355 e. The van der Waals surface area contributed by atoms with Crippen LogP contribution in [0, 0.1) is 0 Å². The summed E-state index contributed by atoms with van der Waals surface area (Å²) in [6.07, 6.45) is 0. The van der Waals surface area contributed by atoms with Crippen LogP contribution in [-0.2, 0) is 21.7 Å². The Morgan fingerprint density at radius 2 is 1.20 bits per heavy atom. The number of thiophene rings is 1. The summed E-state index contributed by atoms with van der Waals surface area (Å²) in [7, 11) is 0.835. The molecule has 0 atom stereocenters. The molecular formula is C62H55BN2S. The molecule has 2 aromatic heterocycles. The number of hydrogen-bond donors (Lipinski definition) is 1. The summed E-state index contributed by atoms with van der Waals surface area (Å²) in [5, 5.41) is 9.48. The predicted octanol–water partition coefficient (Wildman–Crippen LogP) is 15.5. The van der Waals surface area contributed by atoms with Gasteiger partial charge in [0.15, 0.2) is 7.28 Å². The lowest BCUT2D eigenvalue weighted by Gasteiger charge is -2.30. The van der Waals surface area contributed by atoms with Gasteiger partial charge in [-0.25, -0.2) is 0 Å². The van der Waals surface area contributed by atoms with Crippen LogP contribution in [0.2, 0.25) is 0 Å². The Balaban J connectivity index is 1.20. The summed E-state index contributed by atoms with van der Waals surface area (Å²) in [6.45, 7) is 23.7. The highest BCUT2D eigenvalue weighted by atomic mass is 32.1. The minimum atomic E-state index is -0.257. The Bertz CT molecular complexity index is 3770. The normalized spacial score (nSPS) is 15.2. The van der Waals surface area contributed by atoms with Crippen LogP contribution in [0.15, 0.2) is 140 Å². The van der Waals surface area contributed by atoms with E-state index >= 15 is 0 Å². The van der Waals surface area contributed by atoms with Crippen LogP contribution in [0.5, 0.6) is 0 Å². The van der Waals surface area contributed by atoms with Crippen LogP contribution in [-0.4, -0.2) is 11.8 Å². The van der Waals surface area contributed by atoms with Crippen LogP contribution in [0.4, 0.5) is 11.4 Å². The average molecular weight is 871 g/mol. The van der Waals surface area contributed by atoms with Crippen molar-refractivity contribution in [2.24, 2.45) is 0 Å². The van der Waals surface area contributed by atoms with Gasteiger partial charge in [-0.15, -0.1) is 11.3 Å². The van der Waals surface area contributed by atoms with Gasteiger partial charge in [-0.2, -0.15) is 0 Å². The summed E-state index contributed by atoms with van der Waals surface area (Å²) in [4.78, 5) is 0. The van der Waals surface area contributed by atoms with Crippen molar-refractivity contribution in [1.82, 2.24) is 4.57 Å². The Morgan fingerprint density at radius 3 is 1.94 bits per heavy atom. The fourth-order valence-corrected chi connectivity index (χ4v) is 13.5. The van der Waals surface area contributed by atoms with Gasteiger partial charge in [0.05, 0.1) is 5.52 Å². The summed E-state index contributed by atoms with van der Waals surface area (Å²) in [5.41, 5.74) is 25.2. The maximum absolute atomic E-state index is 4.08. The molecule has 4 heteroatoms. The minimum Gasteiger partial charge on any atom is -0.355 e. The van der Waals surface area contributed by atoms with Gasteiger partial charge in [0.1, 0.15) is 0 Å². The molecule has 3 aliphatic rings. The first-order valence-corrected chi connectivity index (χ1v) is 24.7. The molecule has 8 aromatic carbocycles. The van der Waals surface area contributed by atoms with E-state index in [1.807, 2.05) is 11.3 Å². The number of rotatable bonds is 3. The standard InChI is InChI=1S/C62H55BN2S/c1-59(2,3)34-23-26-36(27-24-34)64-48-33-52-41(38-18-13-16-22-51(38)66-52)30-42(48)54-53-39-19-12-15-21-45(39)62(9,10)56(53)55-43-29-35(60(4,5)6)25-28-49(43)65-50-31-40-37-17-11-14-20-44(37)61(7,8)46(40)32-47(50)63-57(54)58(55)65/h11-33,63-64H,1-10H3. The van der Waals surface area contributed by atoms with Gasteiger partial charge in [-0.05, 0) is 126 Å². The second-order valence-electron chi connectivity index (χ2n) is 22.6. The number of nitrogens with one attached hydrogen (secondary N) is 1. The molecule has 2 nitrogen and oxygen atoms in total. The molecule has 0 fully saturated rings. The molecule has 0 radical (unpaired) electrons. The summed E-state index contributed by atoms with van der Waals surface area (Å²) >= 11 is 1.89. The first-order valence-electron chi connectivity index (χ1n) is 23.9. The van der Waals surface area contributed by atoms with Crippen LogP contribution in [0.3, 0.4) is 0 Å². The van der Waals surface area contributed by atoms with E-state index in [-0.39, 0.29) is 21.7 Å². The van der Waals surface area contributed by atoms with Crippen molar-refractivity contribution in [3.63, 3.8) is 0 Å². The Kier molecular flexibility index (Phi) is 7.97. The first-order chi connectivity index (χ1) is 31.5. The lowest BCUT2D eigenvalue weighted by molar-refractivity contribution is 0.590. The third-order valence-electron chi connectivity index (χ3n) is 15.9. The van der Waals surface area contributed by atoms with Crippen molar-refractivity contribution < 1.29 is 0 Å². The lowest BCUT2D eigenvalue weighted by Crippen LogP contribution is -2.38. The monoisotopic (exact) mass is 870 g/mol. The quantitative estimate of drug-likeness (QED) is 0.175. The minimum absolute atomic E-state index is 0.00832. The molecule has 10 aromatic rings. The van der Waals surface area contributed by atoms with Gasteiger partial charge >= 0.3 is 0 Å². The molecule has 13 rings (SSSR count). The van der Waals surface area contributed by atoms with Crippen molar-refractivity contribution in [2.45, 2.75) is 90.9 Å². The second-order valence-corrected chi connectivity index (χ2v) is 23.7. The van der Waals surface area contributed by atoms with Crippen molar-refractivity contribution in [3.8, 4) is 39.1 Å². The molecule has 2 aliphatic carbocycles. The van der Waals surface area contributed by atoms with E-state index in [0.717, 1.165) is 18.7 Å². The number of hydrogen-bond acceptors (Lipinski definition) is 2. The van der Waals surface area contributed by atoms with Crippen molar-refractivity contribution in [3.05, 3.63) is 173 Å². The van der Waals surface area contributed by atoms with Crippen molar-refractivity contribution in [1.29, 1.82) is 0 Å². The Hall–Kier alpha value is -6.36. The van der Waals surface area contributed by atoms with E-state index in [1.54, 1.807) is 0 Å². The fourth-order valence-electron chi connectivity index (χ4n) is 12.4. The maximum Gasteiger partial charge on any atom is 0.198 e. The average Bonchev–Trinajstić information content (AvgIpc) is 3.96. The third kappa shape index (κ3) is 5.37.